The van der Waals surface area contributed by atoms with Gasteiger partial charge in [-0.1, -0.05) is 25.4 Å². The third kappa shape index (κ3) is 2.88. The van der Waals surface area contributed by atoms with Crippen LogP contribution in [-0.2, 0) is 13.0 Å². The molecule has 0 aliphatic heterocycles. The monoisotopic (exact) mass is 301 g/mol. The minimum Gasteiger partial charge on any atom is -0.312 e. The third-order valence-corrected chi connectivity index (χ3v) is 3.50. The van der Waals surface area contributed by atoms with Crippen molar-refractivity contribution >= 4 is 22.8 Å². The van der Waals surface area contributed by atoms with Crippen LogP contribution in [0.3, 0.4) is 0 Å². The first kappa shape index (κ1) is 13.9. The van der Waals surface area contributed by atoms with E-state index in [1.807, 2.05) is 12.1 Å². The molecule has 0 N–H and O–H groups in total. The molecule has 0 atom stereocenters. The van der Waals surface area contributed by atoms with Gasteiger partial charge in [-0.15, -0.1) is 0 Å². The van der Waals surface area contributed by atoms with Gasteiger partial charge in [-0.25, -0.2) is 15.0 Å². The molecule has 0 saturated carbocycles. The highest BCUT2D eigenvalue weighted by atomic mass is 35.5. The number of imidazole rings is 1. The zero-order chi connectivity index (χ0) is 14.8. The molecule has 5 nitrogen and oxygen atoms in total. The second-order valence-corrected chi connectivity index (χ2v) is 5.76. The minimum absolute atomic E-state index is 0.401. The van der Waals surface area contributed by atoms with Crippen LogP contribution in [0.4, 0.5) is 0 Å². The molecule has 0 aliphatic rings. The van der Waals surface area contributed by atoms with Crippen LogP contribution in [0, 0.1) is 5.92 Å². The zero-order valence-corrected chi connectivity index (χ0v) is 12.7. The molecular formula is C15H16ClN5. The van der Waals surface area contributed by atoms with Gasteiger partial charge in [-0.05, 0) is 23.6 Å². The Hall–Kier alpha value is -2.01. The third-order valence-electron chi connectivity index (χ3n) is 3.23. The van der Waals surface area contributed by atoms with Gasteiger partial charge in [0.15, 0.2) is 10.8 Å². The normalized spacial score (nSPS) is 11.4. The number of pyridine rings is 1. The van der Waals surface area contributed by atoms with Crippen LogP contribution >= 0.6 is 11.6 Å². The Bertz CT molecular complexity index is 751. The molecule has 0 aromatic carbocycles. The van der Waals surface area contributed by atoms with E-state index in [2.05, 4.69) is 38.4 Å². The Morgan fingerprint density at radius 1 is 1.19 bits per heavy atom. The maximum atomic E-state index is 6.14. The van der Waals surface area contributed by atoms with E-state index in [-0.39, 0.29) is 0 Å². The summed E-state index contributed by atoms with van der Waals surface area (Å²) >= 11 is 6.14. The quantitative estimate of drug-likeness (QED) is 0.695. The molecule has 3 aromatic heterocycles. The van der Waals surface area contributed by atoms with Crippen molar-refractivity contribution in [1.29, 1.82) is 0 Å². The van der Waals surface area contributed by atoms with E-state index in [1.165, 1.54) is 6.33 Å². The van der Waals surface area contributed by atoms with Crippen molar-refractivity contribution in [2.24, 2.45) is 5.92 Å². The summed E-state index contributed by atoms with van der Waals surface area (Å²) in [6, 6.07) is 3.98. The smallest absolute Gasteiger partial charge is 0.165 e. The molecule has 108 valence electrons. The summed E-state index contributed by atoms with van der Waals surface area (Å²) in [6.07, 6.45) is 5.79. The van der Waals surface area contributed by atoms with E-state index in [4.69, 9.17) is 11.6 Å². The molecule has 0 spiro atoms. The molecule has 0 saturated heterocycles. The van der Waals surface area contributed by atoms with Crippen molar-refractivity contribution in [3.63, 3.8) is 0 Å². The number of nitrogens with zero attached hydrogens (tertiary/aromatic N) is 5. The highest BCUT2D eigenvalue weighted by molar-refractivity contribution is 6.33. The van der Waals surface area contributed by atoms with E-state index in [0.717, 1.165) is 30.0 Å². The zero-order valence-electron chi connectivity index (χ0n) is 12.0. The summed E-state index contributed by atoms with van der Waals surface area (Å²) in [4.78, 5) is 17.1. The van der Waals surface area contributed by atoms with Crippen LogP contribution in [0.1, 0.15) is 25.2 Å². The molecule has 0 radical (unpaired) electrons. The molecule has 0 fully saturated rings. The van der Waals surface area contributed by atoms with E-state index in [1.54, 1.807) is 12.4 Å². The standard InChI is InChI=1S/C15H16ClN5/c1-10(2)8-21-12(7-11-3-5-17-6-4-11)20-13-14(16)18-9-19-15(13)21/h3-6,9-10H,7-8H2,1-2H3. The van der Waals surface area contributed by atoms with Gasteiger partial charge in [0.2, 0.25) is 0 Å². The number of halogens is 1. The highest BCUT2D eigenvalue weighted by Gasteiger charge is 2.16. The Balaban J connectivity index is 2.10. The summed E-state index contributed by atoms with van der Waals surface area (Å²) in [5.74, 6) is 1.44. The van der Waals surface area contributed by atoms with Gasteiger partial charge >= 0.3 is 0 Å². The summed E-state index contributed by atoms with van der Waals surface area (Å²) in [5, 5.41) is 0.401. The van der Waals surface area contributed by atoms with Crippen LogP contribution < -0.4 is 0 Å². The molecule has 6 heteroatoms. The lowest BCUT2D eigenvalue weighted by molar-refractivity contribution is 0.517. The van der Waals surface area contributed by atoms with Gasteiger partial charge in [0.25, 0.3) is 0 Å². The fourth-order valence-electron chi connectivity index (χ4n) is 2.33. The SMILES string of the molecule is CC(C)Cn1c(Cc2ccncc2)nc2c(Cl)ncnc21. The predicted octanol–water partition coefficient (Wildman–Crippen LogP) is 3.12. The van der Waals surface area contributed by atoms with Crippen LogP contribution in [0.2, 0.25) is 5.15 Å². The lowest BCUT2D eigenvalue weighted by Crippen LogP contribution is -2.09. The van der Waals surface area contributed by atoms with E-state index < -0.39 is 0 Å². The molecule has 3 aromatic rings. The number of rotatable bonds is 4. The lowest BCUT2D eigenvalue weighted by atomic mass is 10.2. The Kier molecular flexibility index (Phi) is 3.84. The van der Waals surface area contributed by atoms with Crippen molar-refractivity contribution in [3.8, 4) is 0 Å². The topological polar surface area (TPSA) is 56.5 Å². The highest BCUT2D eigenvalue weighted by Crippen LogP contribution is 2.22. The number of hydrogen-bond acceptors (Lipinski definition) is 4. The second-order valence-electron chi connectivity index (χ2n) is 5.40. The number of fused-ring (bicyclic) bond motifs is 1. The summed E-state index contributed by atoms with van der Waals surface area (Å²) in [7, 11) is 0. The fourth-order valence-corrected chi connectivity index (χ4v) is 2.50. The van der Waals surface area contributed by atoms with E-state index >= 15 is 0 Å². The molecular weight excluding hydrogens is 286 g/mol. The average Bonchev–Trinajstić information content (AvgIpc) is 2.79. The summed E-state index contributed by atoms with van der Waals surface area (Å²) in [5.41, 5.74) is 2.63. The molecule has 21 heavy (non-hydrogen) atoms. The van der Waals surface area contributed by atoms with Gasteiger partial charge in [-0.2, -0.15) is 0 Å². The van der Waals surface area contributed by atoms with E-state index in [0.29, 0.717) is 16.6 Å². The fraction of sp³-hybridized carbons (Fsp3) is 0.333. The first-order valence-electron chi connectivity index (χ1n) is 6.89. The van der Waals surface area contributed by atoms with Crippen molar-refractivity contribution in [1.82, 2.24) is 24.5 Å². The molecule has 3 heterocycles. The van der Waals surface area contributed by atoms with Gasteiger partial charge in [-0.3, -0.25) is 4.98 Å². The van der Waals surface area contributed by atoms with E-state index in [9.17, 15) is 0 Å². The average molecular weight is 302 g/mol. The van der Waals surface area contributed by atoms with Crippen molar-refractivity contribution in [3.05, 3.63) is 47.4 Å². The molecule has 0 bridgehead atoms. The van der Waals surface area contributed by atoms with Crippen molar-refractivity contribution < 1.29 is 0 Å². The van der Waals surface area contributed by atoms with Crippen molar-refractivity contribution in [2.75, 3.05) is 0 Å². The Labute approximate surface area is 128 Å². The van der Waals surface area contributed by atoms with Gasteiger partial charge in [0.05, 0.1) is 0 Å². The maximum Gasteiger partial charge on any atom is 0.165 e. The van der Waals surface area contributed by atoms with Gasteiger partial charge in [0.1, 0.15) is 17.7 Å². The second kappa shape index (κ2) is 5.77. The first-order chi connectivity index (χ1) is 10.1. The number of hydrogen-bond donors (Lipinski definition) is 0. The summed E-state index contributed by atoms with van der Waals surface area (Å²) < 4.78 is 2.13. The van der Waals surface area contributed by atoms with Gasteiger partial charge in [0, 0.05) is 25.4 Å². The molecule has 0 unspecified atom stereocenters. The largest absolute Gasteiger partial charge is 0.312 e. The lowest BCUT2D eigenvalue weighted by Gasteiger charge is -2.11. The predicted molar refractivity (Wildman–Crippen MR) is 82.2 cm³/mol. The van der Waals surface area contributed by atoms with Crippen LogP contribution in [0.25, 0.3) is 11.2 Å². The first-order valence-corrected chi connectivity index (χ1v) is 7.27. The molecule has 3 rings (SSSR count). The Morgan fingerprint density at radius 3 is 2.67 bits per heavy atom. The maximum absolute atomic E-state index is 6.14. The molecule has 0 aliphatic carbocycles. The van der Waals surface area contributed by atoms with Crippen LogP contribution in [-0.4, -0.2) is 24.5 Å². The van der Waals surface area contributed by atoms with Crippen LogP contribution in [0.15, 0.2) is 30.9 Å². The number of aromatic nitrogens is 5. The minimum atomic E-state index is 0.401. The molecule has 0 amide bonds. The van der Waals surface area contributed by atoms with Crippen molar-refractivity contribution in [2.45, 2.75) is 26.8 Å². The Morgan fingerprint density at radius 2 is 1.95 bits per heavy atom. The summed E-state index contributed by atoms with van der Waals surface area (Å²) in [6.45, 7) is 5.19. The van der Waals surface area contributed by atoms with Gasteiger partial charge < -0.3 is 4.57 Å². The van der Waals surface area contributed by atoms with Crippen LogP contribution in [0.5, 0.6) is 0 Å².